The maximum atomic E-state index is 5.95. The van der Waals surface area contributed by atoms with Gasteiger partial charge >= 0.3 is 0 Å². The van der Waals surface area contributed by atoms with Crippen LogP contribution in [0.15, 0.2) is 40.1 Å². The Balaban J connectivity index is 2.99. The molecule has 0 amide bonds. The van der Waals surface area contributed by atoms with Crippen molar-refractivity contribution in [3.8, 4) is 0 Å². The lowest BCUT2D eigenvalue weighted by Crippen LogP contribution is -1.80. The van der Waals surface area contributed by atoms with Gasteiger partial charge in [-0.15, -0.1) is 5.73 Å². The molecule has 0 unspecified atom stereocenters. The lowest BCUT2D eigenvalue weighted by atomic mass is 10.1. The molecule has 0 bridgehead atoms. The quantitative estimate of drug-likeness (QED) is 0.536. The van der Waals surface area contributed by atoms with Crippen molar-refractivity contribution in [2.45, 2.75) is 26.7 Å². The standard InChI is InChI=1S/C11H13Cl/c1-3-10-5-4-9(2)8-11(12)7-6-10/h5-6,8H,3,7H2,1-2H3/b10-6-,11-8+. The second kappa shape index (κ2) is 4.35. The number of halogens is 1. The van der Waals surface area contributed by atoms with Gasteiger partial charge in [0, 0.05) is 11.5 Å². The van der Waals surface area contributed by atoms with Gasteiger partial charge in [0.2, 0.25) is 0 Å². The van der Waals surface area contributed by atoms with Crippen LogP contribution in [0, 0.1) is 0 Å². The van der Waals surface area contributed by atoms with Crippen molar-refractivity contribution in [2.75, 3.05) is 0 Å². The van der Waals surface area contributed by atoms with Gasteiger partial charge in [-0.2, -0.15) is 0 Å². The van der Waals surface area contributed by atoms with Gasteiger partial charge in [-0.3, -0.25) is 0 Å². The first kappa shape index (κ1) is 9.38. The van der Waals surface area contributed by atoms with E-state index in [1.807, 2.05) is 19.1 Å². The Kier molecular flexibility index (Phi) is 3.40. The molecule has 0 atom stereocenters. The molecule has 0 nitrogen and oxygen atoms in total. The smallest absolute Gasteiger partial charge is 0.0227 e. The Bertz CT molecular complexity index is 286. The second-order valence-electron chi connectivity index (χ2n) is 2.90. The Morgan fingerprint density at radius 3 is 3.00 bits per heavy atom. The van der Waals surface area contributed by atoms with Crippen molar-refractivity contribution in [3.05, 3.63) is 40.1 Å². The summed E-state index contributed by atoms with van der Waals surface area (Å²) in [5.41, 5.74) is 5.58. The summed E-state index contributed by atoms with van der Waals surface area (Å²) in [5, 5.41) is 0.888. The summed E-state index contributed by atoms with van der Waals surface area (Å²) < 4.78 is 0. The summed E-state index contributed by atoms with van der Waals surface area (Å²) in [4.78, 5) is 0. The highest BCUT2D eigenvalue weighted by Crippen LogP contribution is 2.16. The van der Waals surface area contributed by atoms with Crippen molar-refractivity contribution < 1.29 is 0 Å². The van der Waals surface area contributed by atoms with Crippen LogP contribution in [0.5, 0.6) is 0 Å². The van der Waals surface area contributed by atoms with Crippen molar-refractivity contribution in [1.29, 1.82) is 0 Å². The molecule has 0 aromatic heterocycles. The van der Waals surface area contributed by atoms with E-state index in [0.29, 0.717) is 0 Å². The number of hydrogen-bond donors (Lipinski definition) is 0. The molecule has 12 heavy (non-hydrogen) atoms. The van der Waals surface area contributed by atoms with Crippen LogP contribution in [-0.2, 0) is 0 Å². The van der Waals surface area contributed by atoms with Gasteiger partial charge in [-0.1, -0.05) is 24.6 Å². The molecule has 0 aromatic rings. The molecule has 0 radical (unpaired) electrons. The maximum Gasteiger partial charge on any atom is 0.0227 e. The minimum atomic E-state index is 0.847. The number of allylic oxidation sites excluding steroid dienone is 5. The maximum absolute atomic E-state index is 5.95. The van der Waals surface area contributed by atoms with E-state index in [0.717, 1.165) is 23.4 Å². The van der Waals surface area contributed by atoms with E-state index in [9.17, 15) is 0 Å². The Morgan fingerprint density at radius 2 is 2.33 bits per heavy atom. The van der Waals surface area contributed by atoms with Crippen LogP contribution < -0.4 is 0 Å². The van der Waals surface area contributed by atoms with E-state index >= 15 is 0 Å². The van der Waals surface area contributed by atoms with Crippen molar-refractivity contribution in [2.24, 2.45) is 0 Å². The minimum absolute atomic E-state index is 0.847. The predicted molar refractivity (Wildman–Crippen MR) is 54.2 cm³/mol. The van der Waals surface area contributed by atoms with E-state index in [1.165, 1.54) is 5.57 Å². The molecular weight excluding hydrogens is 168 g/mol. The molecule has 64 valence electrons. The third-order valence-corrected chi connectivity index (χ3v) is 2.09. The third kappa shape index (κ3) is 2.73. The molecule has 0 fully saturated rings. The Labute approximate surface area is 78.9 Å². The average Bonchev–Trinajstić information content (AvgIpc) is 2.02. The first-order valence-corrected chi connectivity index (χ1v) is 4.58. The molecule has 0 saturated heterocycles. The second-order valence-corrected chi connectivity index (χ2v) is 3.39. The Hall–Kier alpha value is -0.710. The largest absolute Gasteiger partial charge is 0.117 e. The normalized spacial score (nSPS) is 26.1. The topological polar surface area (TPSA) is 0 Å². The molecule has 0 saturated carbocycles. The van der Waals surface area contributed by atoms with E-state index in [1.54, 1.807) is 0 Å². The summed E-state index contributed by atoms with van der Waals surface area (Å²) in [5.74, 6) is 0. The van der Waals surface area contributed by atoms with Crippen LogP contribution in [0.4, 0.5) is 0 Å². The van der Waals surface area contributed by atoms with Crippen LogP contribution in [0.25, 0.3) is 0 Å². The van der Waals surface area contributed by atoms with E-state index < -0.39 is 0 Å². The molecular formula is C11H13Cl. The summed E-state index contributed by atoms with van der Waals surface area (Å²) in [7, 11) is 0. The van der Waals surface area contributed by atoms with Gasteiger partial charge in [-0.05, 0) is 36.6 Å². The first-order chi connectivity index (χ1) is 5.72. The molecule has 0 heterocycles. The SMILES string of the molecule is CC/C1=C/C/C(Cl)=C\C(C)=C=C1. The van der Waals surface area contributed by atoms with Gasteiger partial charge in [0.25, 0.3) is 0 Å². The molecule has 0 spiro atoms. The highest BCUT2D eigenvalue weighted by molar-refractivity contribution is 6.29. The zero-order valence-corrected chi connectivity index (χ0v) is 8.28. The van der Waals surface area contributed by atoms with Crippen LogP contribution in [-0.4, -0.2) is 0 Å². The fourth-order valence-corrected chi connectivity index (χ4v) is 1.32. The molecule has 0 aliphatic heterocycles. The van der Waals surface area contributed by atoms with Gasteiger partial charge in [0.1, 0.15) is 0 Å². The molecule has 0 N–H and O–H groups in total. The van der Waals surface area contributed by atoms with E-state index in [2.05, 4.69) is 18.7 Å². The minimum Gasteiger partial charge on any atom is -0.117 e. The van der Waals surface area contributed by atoms with E-state index in [-0.39, 0.29) is 0 Å². The number of hydrogen-bond acceptors (Lipinski definition) is 0. The summed E-state index contributed by atoms with van der Waals surface area (Å²) in [6.07, 6.45) is 8.04. The van der Waals surface area contributed by atoms with E-state index in [4.69, 9.17) is 11.6 Å². The lowest BCUT2D eigenvalue weighted by Gasteiger charge is -2.00. The third-order valence-electron chi connectivity index (χ3n) is 1.83. The lowest BCUT2D eigenvalue weighted by molar-refractivity contribution is 1.12. The first-order valence-electron chi connectivity index (χ1n) is 4.20. The van der Waals surface area contributed by atoms with Crippen molar-refractivity contribution >= 4 is 11.6 Å². The van der Waals surface area contributed by atoms with Crippen molar-refractivity contribution in [3.63, 3.8) is 0 Å². The van der Waals surface area contributed by atoms with Gasteiger partial charge in [0.15, 0.2) is 0 Å². The monoisotopic (exact) mass is 180 g/mol. The van der Waals surface area contributed by atoms with Crippen LogP contribution in [0.2, 0.25) is 0 Å². The fraction of sp³-hybridized carbons (Fsp3) is 0.364. The van der Waals surface area contributed by atoms with Gasteiger partial charge in [0.05, 0.1) is 0 Å². The van der Waals surface area contributed by atoms with Crippen LogP contribution in [0.1, 0.15) is 26.7 Å². The molecule has 1 aliphatic carbocycles. The average molecular weight is 181 g/mol. The van der Waals surface area contributed by atoms with Crippen LogP contribution in [0.3, 0.4) is 0 Å². The zero-order valence-electron chi connectivity index (χ0n) is 7.52. The van der Waals surface area contributed by atoms with Crippen LogP contribution >= 0.6 is 11.6 Å². The molecule has 0 aromatic carbocycles. The highest BCUT2D eigenvalue weighted by atomic mass is 35.5. The van der Waals surface area contributed by atoms with Gasteiger partial charge in [-0.25, -0.2) is 0 Å². The molecule has 1 aliphatic rings. The van der Waals surface area contributed by atoms with Gasteiger partial charge < -0.3 is 0 Å². The Morgan fingerprint density at radius 1 is 1.58 bits per heavy atom. The highest BCUT2D eigenvalue weighted by Gasteiger charge is 1.95. The zero-order chi connectivity index (χ0) is 8.97. The predicted octanol–water partition coefficient (Wildman–Crippen LogP) is 3.95. The molecule has 1 rings (SSSR count). The number of rotatable bonds is 1. The fourth-order valence-electron chi connectivity index (χ4n) is 1.08. The summed E-state index contributed by atoms with van der Waals surface area (Å²) >= 11 is 5.95. The molecule has 1 heteroatoms. The summed E-state index contributed by atoms with van der Waals surface area (Å²) in [6, 6.07) is 0. The van der Waals surface area contributed by atoms with Crippen molar-refractivity contribution in [1.82, 2.24) is 0 Å². The summed E-state index contributed by atoms with van der Waals surface area (Å²) in [6.45, 7) is 4.15.